The zero-order chi connectivity index (χ0) is 11.0. The smallest absolute Gasteiger partial charge is 0.0861 e. The molecule has 0 aromatic heterocycles. The Labute approximate surface area is 98.6 Å². The summed E-state index contributed by atoms with van der Waals surface area (Å²) in [4.78, 5) is 0. The number of hydrogen-bond acceptors (Lipinski definition) is 0. The Morgan fingerprint density at radius 1 is 1.00 bits per heavy atom. The lowest BCUT2D eigenvalue weighted by Gasteiger charge is -2.41. The van der Waals surface area contributed by atoms with Crippen molar-refractivity contribution in [2.45, 2.75) is 53.0 Å². The maximum Gasteiger partial charge on any atom is 0.0861 e. The summed E-state index contributed by atoms with van der Waals surface area (Å²) in [7, 11) is 0. The normalized spacial score (nSPS) is 14.4. The molecule has 1 unspecified atom stereocenters. The lowest BCUT2D eigenvalue weighted by molar-refractivity contribution is -0.945. The lowest BCUT2D eigenvalue weighted by Crippen LogP contribution is -2.53. The van der Waals surface area contributed by atoms with Gasteiger partial charge in [0.15, 0.2) is 0 Å². The first-order valence-electron chi connectivity index (χ1n) is 6.08. The monoisotopic (exact) mass is 264 g/mol. The van der Waals surface area contributed by atoms with Crippen molar-refractivity contribution in [3.05, 3.63) is 0 Å². The second-order valence-corrected chi connectivity index (χ2v) is 4.99. The van der Waals surface area contributed by atoms with Gasteiger partial charge in [0.25, 0.3) is 0 Å². The van der Waals surface area contributed by atoms with Crippen molar-refractivity contribution in [3.63, 3.8) is 0 Å². The van der Waals surface area contributed by atoms with Crippen molar-refractivity contribution in [3.8, 4) is 0 Å². The van der Waals surface area contributed by atoms with Gasteiger partial charge in [-0.25, -0.2) is 0 Å². The molecule has 0 saturated heterocycles. The molecule has 0 rings (SSSR count). The first-order chi connectivity index (χ1) is 6.66. The van der Waals surface area contributed by atoms with Gasteiger partial charge < -0.3 is 4.48 Å². The van der Waals surface area contributed by atoms with Crippen molar-refractivity contribution >= 4 is 15.9 Å². The van der Waals surface area contributed by atoms with Crippen molar-refractivity contribution in [1.82, 2.24) is 0 Å². The summed E-state index contributed by atoms with van der Waals surface area (Å²) in [6.07, 6.45) is 4.06. The molecule has 1 nitrogen and oxygen atoms in total. The molecule has 0 aromatic carbocycles. The maximum absolute atomic E-state index is 3.50. The predicted molar refractivity (Wildman–Crippen MR) is 69.0 cm³/mol. The fourth-order valence-corrected chi connectivity index (χ4v) is 2.81. The van der Waals surface area contributed by atoms with E-state index in [0.717, 1.165) is 11.4 Å². The van der Waals surface area contributed by atoms with Crippen LogP contribution in [0.2, 0.25) is 0 Å². The molecule has 0 N–H and O–H groups in total. The summed E-state index contributed by atoms with van der Waals surface area (Å²) in [5.41, 5.74) is 0. The Kier molecular flexibility index (Phi) is 7.94. The van der Waals surface area contributed by atoms with Crippen LogP contribution in [0, 0.1) is 0 Å². The third kappa shape index (κ3) is 3.90. The summed E-state index contributed by atoms with van der Waals surface area (Å²) >= 11 is 3.50. The van der Waals surface area contributed by atoms with Crippen LogP contribution in [0.4, 0.5) is 0 Å². The average molecular weight is 265 g/mol. The largest absolute Gasteiger partial charge is 0.322 e. The predicted octanol–water partition coefficient (Wildman–Crippen LogP) is 3.82. The van der Waals surface area contributed by atoms with E-state index in [4.69, 9.17) is 0 Å². The van der Waals surface area contributed by atoms with E-state index in [1.807, 2.05) is 0 Å². The van der Waals surface area contributed by atoms with E-state index in [0.29, 0.717) is 0 Å². The first-order valence-corrected chi connectivity index (χ1v) is 7.20. The van der Waals surface area contributed by atoms with E-state index in [1.54, 1.807) is 0 Å². The molecule has 14 heavy (non-hydrogen) atoms. The van der Waals surface area contributed by atoms with Crippen LogP contribution >= 0.6 is 15.9 Å². The van der Waals surface area contributed by atoms with Gasteiger partial charge in [-0.1, -0.05) is 15.9 Å². The third-order valence-electron chi connectivity index (χ3n) is 3.83. The molecule has 1 atom stereocenters. The van der Waals surface area contributed by atoms with Gasteiger partial charge >= 0.3 is 0 Å². The van der Waals surface area contributed by atoms with Gasteiger partial charge in [-0.3, -0.25) is 0 Å². The Morgan fingerprint density at radius 2 is 1.50 bits per heavy atom. The first kappa shape index (κ1) is 14.4. The molecule has 0 radical (unpaired) electrons. The van der Waals surface area contributed by atoms with E-state index in [-0.39, 0.29) is 0 Å². The molecular weight excluding hydrogens is 238 g/mol. The summed E-state index contributed by atoms with van der Waals surface area (Å²) in [5.74, 6) is 0. The van der Waals surface area contributed by atoms with Gasteiger partial charge in [-0.05, 0) is 47.0 Å². The molecule has 0 saturated carbocycles. The fourth-order valence-electron chi connectivity index (χ4n) is 2.41. The van der Waals surface area contributed by atoms with E-state index >= 15 is 0 Å². The van der Waals surface area contributed by atoms with Gasteiger partial charge in [0.1, 0.15) is 0 Å². The van der Waals surface area contributed by atoms with Crippen molar-refractivity contribution < 1.29 is 4.48 Å². The maximum atomic E-state index is 3.50. The molecule has 2 heteroatoms. The molecule has 86 valence electrons. The SMILES string of the molecule is CC[N+](CC)(CC)C(C)CCCCBr. The standard InChI is InChI=1S/C12H27BrN/c1-5-14(6-2,7-3)12(4)10-8-9-11-13/h12H,5-11H2,1-4H3/q+1. The second kappa shape index (κ2) is 7.70. The van der Waals surface area contributed by atoms with Crippen molar-refractivity contribution in [1.29, 1.82) is 0 Å². The third-order valence-corrected chi connectivity index (χ3v) is 4.39. The highest BCUT2D eigenvalue weighted by atomic mass is 79.9. The molecule has 0 aliphatic rings. The van der Waals surface area contributed by atoms with Crippen LogP contribution in [-0.2, 0) is 0 Å². The molecule has 0 amide bonds. The number of halogens is 1. The van der Waals surface area contributed by atoms with Gasteiger partial charge in [0.2, 0.25) is 0 Å². The molecular formula is C12H27BrN+. The number of unbranched alkanes of at least 4 members (excludes halogenated alkanes) is 1. The molecule has 0 bridgehead atoms. The second-order valence-electron chi connectivity index (χ2n) is 4.20. The lowest BCUT2D eigenvalue weighted by atomic mass is 10.1. The van der Waals surface area contributed by atoms with Crippen LogP contribution in [-0.4, -0.2) is 35.5 Å². The highest BCUT2D eigenvalue weighted by Crippen LogP contribution is 2.18. The Morgan fingerprint density at radius 3 is 1.86 bits per heavy atom. The quantitative estimate of drug-likeness (QED) is 0.355. The van der Waals surface area contributed by atoms with E-state index in [2.05, 4.69) is 43.6 Å². The number of hydrogen-bond donors (Lipinski definition) is 0. The van der Waals surface area contributed by atoms with Gasteiger partial charge in [-0.2, -0.15) is 0 Å². The molecule has 0 heterocycles. The molecule has 0 spiro atoms. The summed E-state index contributed by atoms with van der Waals surface area (Å²) < 4.78 is 1.29. The van der Waals surface area contributed by atoms with Gasteiger partial charge in [0.05, 0.1) is 25.7 Å². The molecule has 0 aliphatic carbocycles. The van der Waals surface area contributed by atoms with Crippen LogP contribution in [0.1, 0.15) is 47.0 Å². The minimum Gasteiger partial charge on any atom is -0.322 e. The van der Waals surface area contributed by atoms with Crippen LogP contribution in [0.5, 0.6) is 0 Å². The van der Waals surface area contributed by atoms with Crippen LogP contribution in [0.25, 0.3) is 0 Å². The van der Waals surface area contributed by atoms with E-state index in [9.17, 15) is 0 Å². The highest BCUT2D eigenvalue weighted by Gasteiger charge is 2.27. The molecule has 0 aliphatic heterocycles. The zero-order valence-corrected chi connectivity index (χ0v) is 11.9. The van der Waals surface area contributed by atoms with E-state index in [1.165, 1.54) is 43.4 Å². The molecule has 0 fully saturated rings. The zero-order valence-electron chi connectivity index (χ0n) is 10.4. The Bertz CT molecular complexity index is 124. The molecule has 0 aromatic rings. The number of rotatable bonds is 8. The summed E-state index contributed by atoms with van der Waals surface area (Å²) in [6, 6.07) is 0.828. The number of nitrogens with zero attached hydrogens (tertiary/aromatic N) is 1. The van der Waals surface area contributed by atoms with E-state index < -0.39 is 0 Å². The van der Waals surface area contributed by atoms with Crippen LogP contribution < -0.4 is 0 Å². The van der Waals surface area contributed by atoms with Gasteiger partial charge in [0, 0.05) is 5.33 Å². The van der Waals surface area contributed by atoms with Crippen molar-refractivity contribution in [2.24, 2.45) is 0 Å². The minimum absolute atomic E-state index is 0.828. The van der Waals surface area contributed by atoms with Gasteiger partial charge in [-0.15, -0.1) is 0 Å². The topological polar surface area (TPSA) is 0 Å². The summed E-state index contributed by atoms with van der Waals surface area (Å²) in [6.45, 7) is 13.2. The average Bonchev–Trinajstić information content (AvgIpc) is 2.22. The van der Waals surface area contributed by atoms with Crippen LogP contribution in [0.3, 0.4) is 0 Å². The van der Waals surface area contributed by atoms with Crippen molar-refractivity contribution in [2.75, 3.05) is 25.0 Å². The number of alkyl halides is 1. The fraction of sp³-hybridized carbons (Fsp3) is 1.00. The minimum atomic E-state index is 0.828. The number of quaternary nitrogens is 1. The Balaban J connectivity index is 4.07. The van der Waals surface area contributed by atoms with Crippen LogP contribution in [0.15, 0.2) is 0 Å². The highest BCUT2D eigenvalue weighted by molar-refractivity contribution is 9.09. The summed E-state index contributed by atoms with van der Waals surface area (Å²) in [5, 5.41) is 1.16. The Hall–Kier alpha value is 0.440.